The van der Waals surface area contributed by atoms with Crippen molar-refractivity contribution in [2.24, 2.45) is 23.7 Å². The third-order valence-electron chi connectivity index (χ3n) is 21.0. The van der Waals surface area contributed by atoms with Gasteiger partial charge in [-0.1, -0.05) is 402 Å². The van der Waals surface area contributed by atoms with Gasteiger partial charge >= 0.3 is 39.5 Å². The first-order valence-electron chi connectivity index (χ1n) is 44.8. The van der Waals surface area contributed by atoms with E-state index in [2.05, 4.69) is 55.4 Å². The van der Waals surface area contributed by atoms with E-state index in [0.717, 1.165) is 114 Å². The summed E-state index contributed by atoms with van der Waals surface area (Å²) in [6.45, 7) is 14.4. The Morgan fingerprint density at radius 1 is 0.264 bits per heavy atom. The van der Waals surface area contributed by atoms with Crippen molar-refractivity contribution in [2.75, 3.05) is 39.6 Å². The number of esters is 4. The molecule has 19 heteroatoms. The summed E-state index contributed by atoms with van der Waals surface area (Å²) in [5.41, 5.74) is 0. The quantitative estimate of drug-likeness (QED) is 0.0222. The van der Waals surface area contributed by atoms with Crippen LogP contribution in [0.2, 0.25) is 0 Å². The van der Waals surface area contributed by atoms with Crippen molar-refractivity contribution in [3.05, 3.63) is 0 Å². The zero-order valence-corrected chi connectivity index (χ0v) is 71.9. The van der Waals surface area contributed by atoms with Crippen LogP contribution >= 0.6 is 15.6 Å². The molecule has 0 saturated carbocycles. The summed E-state index contributed by atoms with van der Waals surface area (Å²) < 4.78 is 68.9. The highest BCUT2D eigenvalue weighted by Gasteiger charge is 2.31. The van der Waals surface area contributed by atoms with Crippen molar-refractivity contribution in [3.63, 3.8) is 0 Å². The third kappa shape index (κ3) is 77.4. The average molecular weight is 1550 g/mol. The van der Waals surface area contributed by atoms with Crippen molar-refractivity contribution in [2.45, 2.75) is 472 Å². The van der Waals surface area contributed by atoms with Crippen LogP contribution in [0.15, 0.2) is 0 Å². The Kier molecular flexibility index (Phi) is 74.3. The highest BCUT2D eigenvalue weighted by Crippen LogP contribution is 2.45. The normalized spacial score (nSPS) is 14.4. The number of rotatable bonds is 84. The van der Waals surface area contributed by atoms with Crippen molar-refractivity contribution in [1.29, 1.82) is 0 Å². The van der Waals surface area contributed by atoms with Crippen molar-refractivity contribution in [3.8, 4) is 0 Å². The number of aliphatic hydroxyl groups is 1. The minimum Gasteiger partial charge on any atom is -0.462 e. The number of ether oxygens (including phenoxy) is 4. The van der Waals surface area contributed by atoms with Gasteiger partial charge in [-0.3, -0.25) is 37.3 Å². The molecular weight excluding hydrogens is 1380 g/mol. The predicted molar refractivity (Wildman–Crippen MR) is 437 cm³/mol. The van der Waals surface area contributed by atoms with E-state index < -0.39 is 97.5 Å². The van der Waals surface area contributed by atoms with Gasteiger partial charge in [-0.2, -0.15) is 0 Å². The molecule has 0 fully saturated rings. The fourth-order valence-electron chi connectivity index (χ4n) is 13.4. The lowest BCUT2D eigenvalue weighted by Gasteiger charge is -2.21. The Hall–Kier alpha value is -1.94. The molecule has 3 N–H and O–H groups in total. The maximum atomic E-state index is 13.2. The van der Waals surface area contributed by atoms with Crippen LogP contribution in [-0.2, 0) is 65.4 Å². The second-order valence-corrected chi connectivity index (χ2v) is 35.6. The fraction of sp³-hybridized carbons (Fsp3) is 0.954. The standard InChI is InChI=1S/C87H170O17P2/c1-9-79(7)65-57-49-41-33-26-22-18-13-11-12-14-20-24-28-35-45-53-61-69-86(91)103-82(73-97-84(89)67-59-51-43-34-27-23-19-16-15-17-21-25-31-39-47-55-63-77(3)4)75-101-105(93,94)99-71-81(88)72-100-106(95,96)102-76-83(74-98-85(90)68-60-52-44-38-37-42-50-58-66-80(8)10-2)104-87(92)70-62-54-46-36-30-29-32-40-48-56-64-78(5)6/h77-83,88H,9-76H2,1-8H3,(H,93,94)(H,95,96)/t79?,80?,81-,82-,83-/m1/s1. The summed E-state index contributed by atoms with van der Waals surface area (Å²) >= 11 is 0. The number of phosphoric acid groups is 2. The van der Waals surface area contributed by atoms with Crippen LogP contribution in [0.25, 0.3) is 0 Å². The summed E-state index contributed by atoms with van der Waals surface area (Å²) in [5.74, 6) is 1.11. The van der Waals surface area contributed by atoms with Crippen LogP contribution < -0.4 is 0 Å². The van der Waals surface area contributed by atoms with Crippen LogP contribution in [0.3, 0.4) is 0 Å². The summed E-state index contributed by atoms with van der Waals surface area (Å²) in [7, 11) is -9.93. The fourth-order valence-corrected chi connectivity index (χ4v) is 15.0. The van der Waals surface area contributed by atoms with Gasteiger partial charge in [-0.25, -0.2) is 9.13 Å². The molecule has 630 valence electrons. The van der Waals surface area contributed by atoms with E-state index in [-0.39, 0.29) is 25.7 Å². The van der Waals surface area contributed by atoms with Crippen LogP contribution in [0.4, 0.5) is 0 Å². The van der Waals surface area contributed by atoms with Gasteiger partial charge in [-0.15, -0.1) is 0 Å². The second kappa shape index (κ2) is 75.7. The highest BCUT2D eigenvalue weighted by atomic mass is 31.2. The molecule has 0 spiro atoms. The Morgan fingerprint density at radius 2 is 0.453 bits per heavy atom. The molecule has 0 heterocycles. The van der Waals surface area contributed by atoms with Gasteiger partial charge < -0.3 is 33.8 Å². The smallest absolute Gasteiger partial charge is 0.462 e. The zero-order chi connectivity index (χ0) is 78.1. The largest absolute Gasteiger partial charge is 0.472 e. The molecular formula is C87H170O17P2. The molecule has 7 atom stereocenters. The Bertz CT molecular complexity index is 2060. The van der Waals surface area contributed by atoms with Crippen molar-refractivity contribution in [1.82, 2.24) is 0 Å². The Morgan fingerprint density at radius 3 is 0.670 bits per heavy atom. The first-order valence-corrected chi connectivity index (χ1v) is 47.8. The molecule has 17 nitrogen and oxygen atoms in total. The minimum atomic E-state index is -4.97. The lowest BCUT2D eigenvalue weighted by molar-refractivity contribution is -0.161. The maximum absolute atomic E-state index is 13.2. The first-order chi connectivity index (χ1) is 51.2. The lowest BCUT2D eigenvalue weighted by Crippen LogP contribution is -2.30. The van der Waals surface area contributed by atoms with Crippen LogP contribution in [0, 0.1) is 23.7 Å². The molecule has 0 aromatic heterocycles. The van der Waals surface area contributed by atoms with Gasteiger partial charge in [0.05, 0.1) is 26.4 Å². The number of carbonyl (C=O) groups is 4. The molecule has 4 unspecified atom stereocenters. The molecule has 0 radical (unpaired) electrons. The maximum Gasteiger partial charge on any atom is 0.472 e. The van der Waals surface area contributed by atoms with E-state index in [1.807, 2.05) is 0 Å². The molecule has 0 aliphatic rings. The zero-order valence-electron chi connectivity index (χ0n) is 70.1. The van der Waals surface area contributed by atoms with Crippen LogP contribution in [0.5, 0.6) is 0 Å². The molecule has 0 bridgehead atoms. The van der Waals surface area contributed by atoms with E-state index >= 15 is 0 Å². The molecule has 0 aromatic carbocycles. The second-order valence-electron chi connectivity index (χ2n) is 32.7. The van der Waals surface area contributed by atoms with Crippen molar-refractivity contribution >= 4 is 39.5 Å². The number of hydrogen-bond donors (Lipinski definition) is 3. The van der Waals surface area contributed by atoms with Crippen LogP contribution in [-0.4, -0.2) is 96.7 Å². The van der Waals surface area contributed by atoms with Gasteiger partial charge in [0.25, 0.3) is 0 Å². The van der Waals surface area contributed by atoms with Gasteiger partial charge in [0.1, 0.15) is 19.3 Å². The molecule has 0 saturated heterocycles. The molecule has 106 heavy (non-hydrogen) atoms. The van der Waals surface area contributed by atoms with Gasteiger partial charge in [0.15, 0.2) is 12.2 Å². The molecule has 0 rings (SSSR count). The van der Waals surface area contributed by atoms with Gasteiger partial charge in [-0.05, 0) is 49.4 Å². The molecule has 0 aromatic rings. The lowest BCUT2D eigenvalue weighted by atomic mass is 9.99. The average Bonchev–Trinajstić information content (AvgIpc) is 0.898. The highest BCUT2D eigenvalue weighted by molar-refractivity contribution is 7.47. The number of phosphoric ester groups is 2. The topological polar surface area (TPSA) is 237 Å². The summed E-state index contributed by atoms with van der Waals surface area (Å²) in [6.07, 6.45) is 65.2. The van der Waals surface area contributed by atoms with Gasteiger partial charge in [0.2, 0.25) is 0 Å². The molecule has 0 amide bonds. The Balaban J connectivity index is 5.24. The third-order valence-corrected chi connectivity index (χ3v) is 22.9. The number of unbranched alkanes of at least 4 members (excludes halogenated alkanes) is 48. The number of aliphatic hydroxyl groups excluding tert-OH is 1. The van der Waals surface area contributed by atoms with Crippen molar-refractivity contribution < 1.29 is 80.2 Å². The summed E-state index contributed by atoms with van der Waals surface area (Å²) in [4.78, 5) is 73.3. The minimum absolute atomic E-state index is 0.105. The predicted octanol–water partition coefficient (Wildman–Crippen LogP) is 26.3. The summed E-state index contributed by atoms with van der Waals surface area (Å²) in [6, 6.07) is 0. The van der Waals surface area contributed by atoms with E-state index in [4.69, 9.17) is 37.0 Å². The van der Waals surface area contributed by atoms with E-state index in [1.54, 1.807) is 0 Å². The number of carbonyl (C=O) groups excluding carboxylic acids is 4. The number of hydrogen-bond acceptors (Lipinski definition) is 15. The monoisotopic (exact) mass is 1550 g/mol. The molecule has 0 aliphatic carbocycles. The SMILES string of the molecule is CCC(C)CCCCCCCCCCCCCCCCCCCCC(=O)O[C@H](COC(=O)CCCCCCCCCCCCCCCCCCC(C)C)COP(=O)(O)OC[C@@H](O)COP(=O)(O)OC[C@@H](COC(=O)CCCCCCCCCCC(C)CC)OC(=O)CCCCCCCCCCCCC(C)C. The summed E-state index contributed by atoms with van der Waals surface area (Å²) in [5, 5.41) is 10.7. The van der Waals surface area contributed by atoms with E-state index in [1.165, 1.54) is 257 Å². The Labute approximate surface area is 651 Å². The van der Waals surface area contributed by atoms with E-state index in [0.29, 0.717) is 25.7 Å². The van der Waals surface area contributed by atoms with E-state index in [9.17, 15) is 43.2 Å². The molecule has 0 aliphatic heterocycles. The first kappa shape index (κ1) is 104. The van der Waals surface area contributed by atoms with Crippen LogP contribution in [0.1, 0.15) is 453 Å². The van der Waals surface area contributed by atoms with Gasteiger partial charge in [0, 0.05) is 25.7 Å².